The van der Waals surface area contributed by atoms with E-state index in [4.69, 9.17) is 0 Å². The van der Waals surface area contributed by atoms with Crippen LogP contribution in [0.15, 0.2) is 97.2 Å². The fraction of sp³-hybridized carbons (Fsp3) is 0.235. The van der Waals surface area contributed by atoms with Gasteiger partial charge in [-0.3, -0.25) is 9.59 Å². The van der Waals surface area contributed by atoms with Gasteiger partial charge in [0, 0.05) is 41.8 Å². The molecule has 0 bridgehead atoms. The van der Waals surface area contributed by atoms with E-state index < -0.39 is 11.7 Å². The summed E-state index contributed by atoms with van der Waals surface area (Å²) in [6, 6.07) is 26.2. The summed E-state index contributed by atoms with van der Waals surface area (Å²) in [5.74, 6) is -0.432. The van der Waals surface area contributed by atoms with Gasteiger partial charge in [0.2, 0.25) is 5.91 Å². The Morgan fingerprint density at radius 2 is 1.57 bits per heavy atom. The average molecular weight is 570 g/mol. The van der Waals surface area contributed by atoms with Crippen LogP contribution in [0.4, 0.5) is 13.2 Å². The standard InChI is InChI=1S/C34H30F3N3O2/c35-34(36,37)28-13-9-23(10-14-28)21-39(18-17-27-20-38-31-8-4-3-7-30(27)31)32(41)22-40(29-15-16-29)33(42)26-12-11-24-5-1-2-6-25(24)19-26/h1-14,19-20,29,38H,15-18,21-22H2. The smallest absolute Gasteiger partial charge is 0.361 e. The Morgan fingerprint density at radius 3 is 2.31 bits per heavy atom. The summed E-state index contributed by atoms with van der Waals surface area (Å²) >= 11 is 0. The SMILES string of the molecule is O=C(CN(C(=O)c1ccc2ccccc2c1)C1CC1)N(CCc1c[nH]c2ccccc12)Cc1ccc(C(F)(F)F)cc1. The summed E-state index contributed by atoms with van der Waals surface area (Å²) in [7, 11) is 0. The van der Waals surface area contributed by atoms with Crippen molar-refractivity contribution in [2.45, 2.75) is 38.0 Å². The molecule has 1 aromatic heterocycles. The highest BCUT2D eigenvalue weighted by Crippen LogP contribution is 2.31. The zero-order valence-corrected chi connectivity index (χ0v) is 22.9. The summed E-state index contributed by atoms with van der Waals surface area (Å²) in [5.41, 5.74) is 2.43. The van der Waals surface area contributed by atoms with Crippen molar-refractivity contribution in [1.82, 2.24) is 14.8 Å². The maximum Gasteiger partial charge on any atom is 0.416 e. The Kier molecular flexibility index (Phi) is 7.45. The van der Waals surface area contributed by atoms with Gasteiger partial charge in [-0.2, -0.15) is 13.2 Å². The zero-order valence-electron chi connectivity index (χ0n) is 22.9. The molecule has 0 radical (unpaired) electrons. The number of aromatic nitrogens is 1. The Bertz CT molecular complexity index is 1740. The lowest BCUT2D eigenvalue weighted by atomic mass is 10.1. The first kappa shape index (κ1) is 27.6. The molecule has 42 heavy (non-hydrogen) atoms. The highest BCUT2D eigenvalue weighted by Gasteiger charge is 2.35. The first-order valence-electron chi connectivity index (χ1n) is 14.0. The zero-order chi connectivity index (χ0) is 29.3. The van der Waals surface area contributed by atoms with Crippen molar-refractivity contribution in [2.75, 3.05) is 13.1 Å². The molecule has 4 aromatic carbocycles. The predicted octanol–water partition coefficient (Wildman–Crippen LogP) is 7.22. The third-order valence-corrected chi connectivity index (χ3v) is 7.88. The van der Waals surface area contributed by atoms with Gasteiger partial charge in [0.25, 0.3) is 5.91 Å². The number of hydrogen-bond donors (Lipinski definition) is 1. The highest BCUT2D eigenvalue weighted by atomic mass is 19.4. The number of carbonyl (C=O) groups excluding carboxylic acids is 2. The molecule has 0 aliphatic heterocycles. The first-order valence-corrected chi connectivity index (χ1v) is 14.0. The molecule has 6 rings (SSSR count). The molecule has 0 unspecified atom stereocenters. The van der Waals surface area contributed by atoms with E-state index in [1.54, 1.807) is 15.9 Å². The lowest BCUT2D eigenvalue weighted by molar-refractivity contribution is -0.137. The van der Waals surface area contributed by atoms with Crippen LogP contribution in [0.1, 0.15) is 39.9 Å². The minimum absolute atomic E-state index is 0.00513. The van der Waals surface area contributed by atoms with Crippen LogP contribution in [0.3, 0.4) is 0 Å². The van der Waals surface area contributed by atoms with Crippen molar-refractivity contribution in [3.63, 3.8) is 0 Å². The number of nitrogens with one attached hydrogen (secondary N) is 1. The minimum Gasteiger partial charge on any atom is -0.361 e. The summed E-state index contributed by atoms with van der Waals surface area (Å²) in [5, 5.41) is 3.04. The minimum atomic E-state index is -4.43. The van der Waals surface area contributed by atoms with Crippen LogP contribution in [-0.4, -0.2) is 45.7 Å². The van der Waals surface area contributed by atoms with Crippen LogP contribution in [0.25, 0.3) is 21.7 Å². The van der Waals surface area contributed by atoms with E-state index in [-0.39, 0.29) is 30.9 Å². The second-order valence-electron chi connectivity index (χ2n) is 10.8. The van der Waals surface area contributed by atoms with E-state index in [1.165, 1.54) is 12.1 Å². The number of aromatic amines is 1. The second-order valence-corrected chi connectivity index (χ2v) is 10.8. The van der Waals surface area contributed by atoms with E-state index in [0.717, 1.165) is 52.2 Å². The van der Waals surface area contributed by atoms with Gasteiger partial charge in [-0.05, 0) is 71.5 Å². The van der Waals surface area contributed by atoms with Gasteiger partial charge in [-0.1, -0.05) is 60.7 Å². The average Bonchev–Trinajstić information content (AvgIpc) is 3.76. The molecule has 1 fully saturated rings. The normalized spacial score (nSPS) is 13.4. The number of nitrogens with zero attached hydrogens (tertiary/aromatic N) is 2. The second kappa shape index (κ2) is 11.4. The van der Waals surface area contributed by atoms with Gasteiger partial charge < -0.3 is 14.8 Å². The van der Waals surface area contributed by atoms with Crippen molar-refractivity contribution in [3.05, 3.63) is 119 Å². The number of alkyl halides is 3. The van der Waals surface area contributed by atoms with E-state index >= 15 is 0 Å². The van der Waals surface area contributed by atoms with Crippen molar-refractivity contribution >= 4 is 33.5 Å². The van der Waals surface area contributed by atoms with E-state index in [1.807, 2.05) is 66.9 Å². The number of hydrogen-bond acceptors (Lipinski definition) is 2. The largest absolute Gasteiger partial charge is 0.416 e. The molecule has 1 saturated carbocycles. The molecule has 8 heteroatoms. The summed E-state index contributed by atoms with van der Waals surface area (Å²) in [6.07, 6.45) is -0.289. The number of benzene rings is 4. The predicted molar refractivity (Wildman–Crippen MR) is 157 cm³/mol. The van der Waals surface area contributed by atoms with Gasteiger partial charge in [0.05, 0.1) is 5.56 Å². The molecular weight excluding hydrogens is 539 g/mol. The van der Waals surface area contributed by atoms with E-state index in [2.05, 4.69) is 4.98 Å². The molecule has 5 aromatic rings. The number of rotatable bonds is 9. The van der Waals surface area contributed by atoms with Crippen LogP contribution >= 0.6 is 0 Å². The number of amides is 2. The molecule has 0 spiro atoms. The Labute approximate surface area is 241 Å². The van der Waals surface area contributed by atoms with E-state index in [0.29, 0.717) is 24.1 Å². The molecular formula is C34H30F3N3O2. The number of para-hydroxylation sites is 1. The van der Waals surface area contributed by atoms with Crippen LogP contribution in [0.5, 0.6) is 0 Å². The fourth-order valence-corrected chi connectivity index (χ4v) is 5.39. The Hall–Kier alpha value is -4.59. The van der Waals surface area contributed by atoms with Crippen LogP contribution in [0, 0.1) is 0 Å². The topological polar surface area (TPSA) is 56.4 Å². The van der Waals surface area contributed by atoms with Gasteiger partial charge in [-0.15, -0.1) is 0 Å². The molecule has 1 aliphatic carbocycles. The van der Waals surface area contributed by atoms with Crippen LogP contribution in [-0.2, 0) is 23.9 Å². The highest BCUT2D eigenvalue weighted by molar-refractivity contribution is 6.00. The first-order chi connectivity index (χ1) is 20.3. The maximum atomic E-state index is 13.8. The lowest BCUT2D eigenvalue weighted by Gasteiger charge is -2.28. The number of fused-ring (bicyclic) bond motifs is 2. The van der Waals surface area contributed by atoms with Crippen molar-refractivity contribution in [3.8, 4) is 0 Å². The van der Waals surface area contributed by atoms with Crippen molar-refractivity contribution in [1.29, 1.82) is 0 Å². The number of H-pyrrole nitrogens is 1. The van der Waals surface area contributed by atoms with Gasteiger partial charge in [-0.25, -0.2) is 0 Å². The summed E-state index contributed by atoms with van der Waals surface area (Å²) in [4.78, 5) is 34.0. The van der Waals surface area contributed by atoms with Gasteiger partial charge in [0.1, 0.15) is 6.54 Å². The Balaban J connectivity index is 1.23. The molecule has 1 heterocycles. The fourth-order valence-electron chi connectivity index (χ4n) is 5.39. The molecule has 214 valence electrons. The maximum absolute atomic E-state index is 13.8. The van der Waals surface area contributed by atoms with Crippen molar-refractivity contribution in [2.24, 2.45) is 0 Å². The number of carbonyl (C=O) groups is 2. The molecule has 1 aliphatic rings. The van der Waals surface area contributed by atoms with E-state index in [9.17, 15) is 22.8 Å². The molecule has 0 saturated heterocycles. The quantitative estimate of drug-likeness (QED) is 0.204. The van der Waals surface area contributed by atoms with Crippen LogP contribution in [0.2, 0.25) is 0 Å². The summed E-state index contributed by atoms with van der Waals surface area (Å²) < 4.78 is 39.4. The lowest BCUT2D eigenvalue weighted by Crippen LogP contribution is -2.44. The van der Waals surface area contributed by atoms with Gasteiger partial charge >= 0.3 is 6.18 Å². The molecule has 1 N–H and O–H groups in total. The molecule has 5 nitrogen and oxygen atoms in total. The molecule has 2 amide bonds. The van der Waals surface area contributed by atoms with Gasteiger partial charge in [0.15, 0.2) is 0 Å². The molecule has 0 atom stereocenters. The summed E-state index contributed by atoms with van der Waals surface area (Å²) in [6.45, 7) is 0.400. The number of halogens is 3. The van der Waals surface area contributed by atoms with Crippen LogP contribution < -0.4 is 0 Å². The van der Waals surface area contributed by atoms with Crippen molar-refractivity contribution < 1.29 is 22.8 Å². The Morgan fingerprint density at radius 1 is 0.857 bits per heavy atom. The third kappa shape index (κ3) is 6.03. The third-order valence-electron chi connectivity index (χ3n) is 7.88. The monoisotopic (exact) mass is 569 g/mol.